The molecular formula is C22H19N5O2S. The summed E-state index contributed by atoms with van der Waals surface area (Å²) in [5.41, 5.74) is 3.11. The van der Waals surface area contributed by atoms with E-state index in [9.17, 15) is 9.59 Å². The zero-order valence-electron chi connectivity index (χ0n) is 16.4. The summed E-state index contributed by atoms with van der Waals surface area (Å²) >= 11 is 1.31. The van der Waals surface area contributed by atoms with Crippen molar-refractivity contribution in [3.63, 3.8) is 0 Å². The third-order valence-corrected chi connectivity index (χ3v) is 5.44. The molecule has 2 N–H and O–H groups in total. The Labute approximate surface area is 176 Å². The molecule has 8 heteroatoms. The number of carbonyl (C=O) groups excluding carboxylic acids is 1. The Kier molecular flexibility index (Phi) is 5.49. The van der Waals surface area contributed by atoms with E-state index >= 15 is 0 Å². The van der Waals surface area contributed by atoms with Crippen molar-refractivity contribution in [2.24, 2.45) is 0 Å². The maximum Gasteiger partial charge on any atom is 0.276 e. The molecule has 0 spiro atoms. The van der Waals surface area contributed by atoms with E-state index in [-0.39, 0.29) is 17.4 Å². The van der Waals surface area contributed by atoms with Crippen LogP contribution in [0.5, 0.6) is 0 Å². The van der Waals surface area contributed by atoms with E-state index < -0.39 is 0 Å². The molecule has 4 aromatic rings. The van der Waals surface area contributed by atoms with Crippen LogP contribution in [0.1, 0.15) is 35.8 Å². The van der Waals surface area contributed by atoms with Gasteiger partial charge in [-0.2, -0.15) is 5.10 Å². The average Bonchev–Trinajstić information content (AvgIpc) is 3.18. The molecule has 7 nitrogen and oxygen atoms in total. The van der Waals surface area contributed by atoms with Crippen LogP contribution in [-0.4, -0.2) is 26.1 Å². The zero-order valence-corrected chi connectivity index (χ0v) is 17.2. The number of aromatic nitrogens is 4. The number of thiazole rings is 1. The zero-order chi connectivity index (χ0) is 21.1. The van der Waals surface area contributed by atoms with Gasteiger partial charge in [0, 0.05) is 17.8 Å². The van der Waals surface area contributed by atoms with Crippen molar-refractivity contribution in [2.75, 3.05) is 5.32 Å². The summed E-state index contributed by atoms with van der Waals surface area (Å²) in [5, 5.41) is 10.1. The minimum Gasteiger partial charge on any atom is -0.296 e. The van der Waals surface area contributed by atoms with E-state index in [0.29, 0.717) is 22.2 Å². The molecular weight excluding hydrogens is 398 g/mol. The number of H-pyrrole nitrogens is 1. The van der Waals surface area contributed by atoms with E-state index in [1.54, 1.807) is 30.5 Å². The highest BCUT2D eigenvalue weighted by Gasteiger charge is 2.22. The van der Waals surface area contributed by atoms with Crippen LogP contribution < -0.4 is 10.9 Å². The summed E-state index contributed by atoms with van der Waals surface area (Å²) in [4.78, 5) is 33.9. The number of pyridine rings is 1. The number of hydrogen-bond donors (Lipinski definition) is 2. The van der Waals surface area contributed by atoms with Crippen LogP contribution in [0, 0.1) is 0 Å². The molecule has 0 saturated carbocycles. The Morgan fingerprint density at radius 3 is 2.53 bits per heavy atom. The quantitative estimate of drug-likeness (QED) is 0.503. The lowest BCUT2D eigenvalue weighted by Gasteiger charge is -2.10. The van der Waals surface area contributed by atoms with Crippen molar-refractivity contribution in [2.45, 2.75) is 19.8 Å². The molecule has 1 amide bonds. The first-order chi connectivity index (χ1) is 14.5. The largest absolute Gasteiger partial charge is 0.296 e. The molecule has 3 heterocycles. The fourth-order valence-corrected chi connectivity index (χ4v) is 4.02. The van der Waals surface area contributed by atoms with Gasteiger partial charge in [0.25, 0.3) is 11.5 Å². The van der Waals surface area contributed by atoms with Gasteiger partial charge in [0.15, 0.2) is 5.13 Å². The van der Waals surface area contributed by atoms with Crippen LogP contribution >= 0.6 is 11.3 Å². The molecule has 0 bridgehead atoms. The minimum atomic E-state index is -0.339. The highest BCUT2D eigenvalue weighted by molar-refractivity contribution is 7.19. The third-order valence-electron chi connectivity index (χ3n) is 4.47. The number of hydrogen-bond acceptors (Lipinski definition) is 6. The normalized spacial score (nSPS) is 10.9. The maximum absolute atomic E-state index is 12.6. The second-order valence-electron chi connectivity index (χ2n) is 6.92. The van der Waals surface area contributed by atoms with Gasteiger partial charge in [0.2, 0.25) is 0 Å². The van der Waals surface area contributed by atoms with Crippen molar-refractivity contribution >= 4 is 22.4 Å². The molecule has 0 aliphatic heterocycles. The fraction of sp³-hybridized carbons (Fsp3) is 0.136. The average molecular weight is 417 g/mol. The Hall–Kier alpha value is -3.65. The van der Waals surface area contributed by atoms with E-state index in [4.69, 9.17) is 0 Å². The molecule has 0 fully saturated rings. The van der Waals surface area contributed by atoms with Gasteiger partial charge in [-0.3, -0.25) is 19.9 Å². The monoisotopic (exact) mass is 417 g/mol. The van der Waals surface area contributed by atoms with E-state index in [1.165, 1.54) is 11.3 Å². The molecule has 3 aromatic heterocycles. The van der Waals surface area contributed by atoms with Gasteiger partial charge in [-0.15, -0.1) is 0 Å². The predicted octanol–water partition coefficient (Wildman–Crippen LogP) is 4.33. The second kappa shape index (κ2) is 8.38. The van der Waals surface area contributed by atoms with Gasteiger partial charge >= 0.3 is 0 Å². The van der Waals surface area contributed by atoms with Crippen molar-refractivity contribution in [3.8, 4) is 21.8 Å². The van der Waals surface area contributed by atoms with Gasteiger partial charge in [0.1, 0.15) is 11.4 Å². The Balaban J connectivity index is 1.82. The van der Waals surface area contributed by atoms with Gasteiger partial charge < -0.3 is 0 Å². The molecule has 30 heavy (non-hydrogen) atoms. The Bertz CT molecular complexity index is 1230. The first-order valence-corrected chi connectivity index (χ1v) is 10.2. The molecule has 0 unspecified atom stereocenters. The Morgan fingerprint density at radius 1 is 1.07 bits per heavy atom. The lowest BCUT2D eigenvalue weighted by atomic mass is 10.00. The molecule has 150 valence electrons. The number of carbonyl (C=O) groups is 1. The number of amides is 1. The first kappa shape index (κ1) is 19.7. The van der Waals surface area contributed by atoms with Gasteiger partial charge in [-0.25, -0.2) is 10.1 Å². The van der Waals surface area contributed by atoms with Crippen LogP contribution in [0.15, 0.2) is 65.6 Å². The summed E-state index contributed by atoms with van der Waals surface area (Å²) in [6, 6.07) is 16.4. The molecule has 0 aliphatic rings. The Morgan fingerprint density at radius 2 is 1.83 bits per heavy atom. The first-order valence-electron chi connectivity index (χ1n) is 9.41. The fourth-order valence-electron chi connectivity index (χ4n) is 3.02. The molecule has 0 radical (unpaired) electrons. The standard InChI is InChI=1S/C22H19N5O2S/c1-13(2)15-12-17(28)26-27-19(15)20-18(14-8-4-3-5-9-14)24-22(30-20)25-21(29)16-10-6-7-11-23-16/h3-13H,1-2H3,(H,26,28)(H,24,25,29). The summed E-state index contributed by atoms with van der Waals surface area (Å²) in [5.74, 6) is -0.249. The van der Waals surface area contributed by atoms with Crippen LogP contribution in [0.3, 0.4) is 0 Å². The second-order valence-corrected chi connectivity index (χ2v) is 7.92. The summed E-state index contributed by atoms with van der Waals surface area (Å²) < 4.78 is 0. The highest BCUT2D eigenvalue weighted by atomic mass is 32.1. The minimum absolute atomic E-state index is 0.0899. The van der Waals surface area contributed by atoms with Crippen LogP contribution in [0.4, 0.5) is 5.13 Å². The summed E-state index contributed by atoms with van der Waals surface area (Å²) in [6.45, 7) is 4.01. The predicted molar refractivity (Wildman–Crippen MR) is 118 cm³/mol. The lowest BCUT2D eigenvalue weighted by Crippen LogP contribution is -2.13. The molecule has 0 saturated heterocycles. The lowest BCUT2D eigenvalue weighted by molar-refractivity contribution is 0.102. The van der Waals surface area contributed by atoms with Crippen molar-refractivity contribution in [1.29, 1.82) is 0 Å². The third kappa shape index (κ3) is 4.04. The summed E-state index contributed by atoms with van der Waals surface area (Å²) in [7, 11) is 0. The molecule has 1 aromatic carbocycles. The van der Waals surface area contributed by atoms with Crippen LogP contribution in [0.2, 0.25) is 0 Å². The SMILES string of the molecule is CC(C)c1cc(=O)[nH]nc1-c1sc(NC(=O)c2ccccn2)nc1-c1ccccc1. The molecule has 0 atom stereocenters. The summed E-state index contributed by atoms with van der Waals surface area (Å²) in [6.07, 6.45) is 1.57. The number of nitrogens with one attached hydrogen (secondary N) is 2. The van der Waals surface area contributed by atoms with Gasteiger partial charge in [0.05, 0.1) is 10.6 Å². The molecule has 0 aliphatic carbocycles. The van der Waals surface area contributed by atoms with E-state index in [0.717, 1.165) is 16.0 Å². The van der Waals surface area contributed by atoms with Crippen molar-refractivity contribution in [1.82, 2.24) is 20.2 Å². The van der Waals surface area contributed by atoms with E-state index in [1.807, 2.05) is 44.2 Å². The topological polar surface area (TPSA) is 101 Å². The van der Waals surface area contributed by atoms with Gasteiger partial charge in [-0.05, 0) is 23.6 Å². The highest BCUT2D eigenvalue weighted by Crippen LogP contribution is 2.40. The van der Waals surface area contributed by atoms with Gasteiger partial charge in [-0.1, -0.05) is 61.6 Å². The van der Waals surface area contributed by atoms with E-state index in [2.05, 4.69) is 25.5 Å². The number of rotatable bonds is 5. The number of aromatic amines is 1. The smallest absolute Gasteiger partial charge is 0.276 e. The van der Waals surface area contributed by atoms with Crippen molar-refractivity contribution in [3.05, 3.63) is 82.4 Å². The molecule has 4 rings (SSSR count). The maximum atomic E-state index is 12.6. The number of nitrogens with zero attached hydrogens (tertiary/aromatic N) is 3. The van der Waals surface area contributed by atoms with Crippen molar-refractivity contribution < 1.29 is 4.79 Å². The van der Waals surface area contributed by atoms with Crippen LogP contribution in [0.25, 0.3) is 21.8 Å². The number of anilines is 1. The van der Waals surface area contributed by atoms with Crippen LogP contribution in [-0.2, 0) is 0 Å². The number of benzene rings is 1.